The van der Waals surface area contributed by atoms with Crippen LogP contribution in [0.15, 0.2) is 206 Å². The van der Waals surface area contributed by atoms with E-state index in [2.05, 4.69) is 216 Å². The monoisotopic (exact) mass is 662 g/mol. The van der Waals surface area contributed by atoms with Crippen molar-refractivity contribution in [2.45, 2.75) is 0 Å². The minimum atomic E-state index is 1.10. The van der Waals surface area contributed by atoms with Crippen LogP contribution in [0.1, 0.15) is 0 Å². The number of anilines is 3. The molecule has 0 amide bonds. The van der Waals surface area contributed by atoms with E-state index in [0.29, 0.717) is 0 Å². The lowest BCUT2D eigenvalue weighted by Crippen LogP contribution is -2.10. The Bertz CT molecular complexity index is 2900. The summed E-state index contributed by atoms with van der Waals surface area (Å²) in [6.45, 7) is 0. The predicted molar refractivity (Wildman–Crippen MR) is 221 cm³/mol. The van der Waals surface area contributed by atoms with E-state index < -0.39 is 0 Å². The van der Waals surface area contributed by atoms with E-state index in [1.54, 1.807) is 0 Å². The van der Waals surface area contributed by atoms with Gasteiger partial charge in [-0.15, -0.1) is 0 Å². The van der Waals surface area contributed by atoms with Crippen molar-refractivity contribution in [2.75, 3.05) is 4.90 Å². The van der Waals surface area contributed by atoms with Gasteiger partial charge < -0.3 is 9.47 Å². The molecule has 0 aliphatic heterocycles. The summed E-state index contributed by atoms with van der Waals surface area (Å²) in [6.07, 6.45) is 0. The lowest BCUT2D eigenvalue weighted by Gasteiger charge is -2.28. The first kappa shape index (κ1) is 30.0. The van der Waals surface area contributed by atoms with Crippen LogP contribution >= 0.6 is 0 Å². The van der Waals surface area contributed by atoms with E-state index in [1.807, 2.05) is 0 Å². The van der Waals surface area contributed by atoms with E-state index in [4.69, 9.17) is 0 Å². The molecule has 2 heteroatoms. The topological polar surface area (TPSA) is 8.17 Å². The number of nitrogens with zero attached hydrogens (tertiary/aromatic N) is 2. The Morgan fingerprint density at radius 1 is 0.365 bits per heavy atom. The SMILES string of the molecule is c1ccc(-c2cccc(N(c3cccc(-c4cccc5c4c4ccc6ccccc6c4n5-c4ccccc4)c3)c3cccc4ccccc34)c2)cc1. The molecule has 52 heavy (non-hydrogen) atoms. The number of fused-ring (bicyclic) bond motifs is 6. The van der Waals surface area contributed by atoms with E-state index in [-0.39, 0.29) is 0 Å². The second kappa shape index (κ2) is 12.5. The molecule has 1 aromatic heterocycles. The summed E-state index contributed by atoms with van der Waals surface area (Å²) in [5.41, 5.74) is 11.7. The second-order valence-electron chi connectivity index (χ2n) is 13.4. The molecule has 0 aliphatic rings. The highest BCUT2D eigenvalue weighted by molar-refractivity contribution is 6.22. The number of aromatic nitrogens is 1. The molecule has 0 aliphatic carbocycles. The molecule has 0 unspecified atom stereocenters. The van der Waals surface area contributed by atoms with Crippen molar-refractivity contribution >= 4 is 60.4 Å². The van der Waals surface area contributed by atoms with Gasteiger partial charge >= 0.3 is 0 Å². The maximum absolute atomic E-state index is 2.44. The molecular formula is C50H34N2. The molecule has 0 atom stereocenters. The van der Waals surface area contributed by atoms with Gasteiger partial charge in [0.1, 0.15) is 0 Å². The van der Waals surface area contributed by atoms with Crippen molar-refractivity contribution in [2.24, 2.45) is 0 Å². The summed E-state index contributed by atoms with van der Waals surface area (Å²) < 4.78 is 2.44. The van der Waals surface area contributed by atoms with Crippen molar-refractivity contribution < 1.29 is 0 Å². The van der Waals surface area contributed by atoms with E-state index in [1.165, 1.54) is 65.6 Å². The Morgan fingerprint density at radius 2 is 0.942 bits per heavy atom. The highest BCUT2D eigenvalue weighted by Gasteiger charge is 2.20. The summed E-state index contributed by atoms with van der Waals surface area (Å²) in [7, 11) is 0. The molecule has 2 nitrogen and oxygen atoms in total. The first-order chi connectivity index (χ1) is 25.8. The molecule has 0 saturated carbocycles. The van der Waals surface area contributed by atoms with Crippen LogP contribution in [-0.2, 0) is 0 Å². The third-order valence-electron chi connectivity index (χ3n) is 10.3. The fourth-order valence-electron chi connectivity index (χ4n) is 8.01. The third kappa shape index (κ3) is 4.96. The van der Waals surface area contributed by atoms with Gasteiger partial charge in [0.25, 0.3) is 0 Å². The Hall–Kier alpha value is -6.90. The smallest absolute Gasteiger partial charge is 0.0619 e. The van der Waals surface area contributed by atoms with Crippen LogP contribution in [0.25, 0.3) is 71.3 Å². The average Bonchev–Trinajstić information content (AvgIpc) is 3.57. The quantitative estimate of drug-likeness (QED) is 0.172. The minimum Gasteiger partial charge on any atom is -0.310 e. The van der Waals surface area contributed by atoms with Crippen LogP contribution in [0, 0.1) is 0 Å². The Kier molecular flexibility index (Phi) is 7.18. The van der Waals surface area contributed by atoms with Gasteiger partial charge in [-0.3, -0.25) is 0 Å². The van der Waals surface area contributed by atoms with Gasteiger partial charge in [-0.05, 0) is 81.6 Å². The van der Waals surface area contributed by atoms with E-state index >= 15 is 0 Å². The number of rotatable bonds is 6. The van der Waals surface area contributed by atoms with Crippen molar-refractivity contribution in [1.29, 1.82) is 0 Å². The Labute approximate surface area is 303 Å². The minimum absolute atomic E-state index is 1.10. The number of hydrogen-bond acceptors (Lipinski definition) is 1. The number of benzene rings is 9. The zero-order chi connectivity index (χ0) is 34.4. The maximum Gasteiger partial charge on any atom is 0.0619 e. The molecule has 0 N–H and O–H groups in total. The molecule has 0 fully saturated rings. The maximum atomic E-state index is 2.44. The molecule has 10 rings (SSSR count). The largest absolute Gasteiger partial charge is 0.310 e. The fraction of sp³-hybridized carbons (Fsp3) is 0. The van der Waals surface area contributed by atoms with Gasteiger partial charge in [-0.1, -0.05) is 158 Å². The summed E-state index contributed by atoms with van der Waals surface area (Å²) in [5, 5.41) is 7.42. The molecular weight excluding hydrogens is 629 g/mol. The van der Waals surface area contributed by atoms with Crippen molar-refractivity contribution in [3.8, 4) is 27.9 Å². The van der Waals surface area contributed by atoms with Crippen LogP contribution in [-0.4, -0.2) is 4.57 Å². The van der Waals surface area contributed by atoms with E-state index in [9.17, 15) is 0 Å². The lowest BCUT2D eigenvalue weighted by molar-refractivity contribution is 1.19. The van der Waals surface area contributed by atoms with Gasteiger partial charge in [0, 0.05) is 38.6 Å². The lowest BCUT2D eigenvalue weighted by atomic mass is 9.97. The zero-order valence-electron chi connectivity index (χ0n) is 28.5. The van der Waals surface area contributed by atoms with Crippen molar-refractivity contribution in [3.05, 3.63) is 206 Å². The van der Waals surface area contributed by atoms with Crippen LogP contribution in [0.4, 0.5) is 17.1 Å². The standard InChI is InChI=1S/C50H34N2/c1-3-15-35(16-4-1)38-20-11-24-41(33-38)51(47-29-13-19-36-17-7-9-26-43(36)47)42-25-12-21-39(34-42)44-28-14-30-48-49(44)46-32-31-37-18-8-10-27-45(37)50(46)52(48)40-22-5-2-6-23-40/h1-34H. The number of para-hydroxylation sites is 1. The molecule has 0 bridgehead atoms. The van der Waals surface area contributed by atoms with Gasteiger partial charge in [-0.25, -0.2) is 0 Å². The highest BCUT2D eigenvalue weighted by Crippen LogP contribution is 2.44. The normalized spacial score (nSPS) is 11.5. The Morgan fingerprint density at radius 3 is 1.73 bits per heavy atom. The third-order valence-corrected chi connectivity index (χ3v) is 10.3. The van der Waals surface area contributed by atoms with Gasteiger partial charge in [-0.2, -0.15) is 0 Å². The molecule has 0 spiro atoms. The molecule has 10 aromatic rings. The van der Waals surface area contributed by atoms with Gasteiger partial charge in [0.15, 0.2) is 0 Å². The molecule has 9 aromatic carbocycles. The van der Waals surface area contributed by atoms with Crippen LogP contribution in [0.2, 0.25) is 0 Å². The van der Waals surface area contributed by atoms with Crippen molar-refractivity contribution in [3.63, 3.8) is 0 Å². The summed E-state index contributed by atoms with van der Waals surface area (Å²) in [4.78, 5) is 2.42. The molecule has 1 heterocycles. The molecule has 0 saturated heterocycles. The van der Waals surface area contributed by atoms with E-state index in [0.717, 1.165) is 22.7 Å². The van der Waals surface area contributed by atoms with Gasteiger partial charge in [0.05, 0.1) is 16.7 Å². The Balaban J connectivity index is 1.22. The second-order valence-corrected chi connectivity index (χ2v) is 13.4. The number of hydrogen-bond donors (Lipinski definition) is 0. The van der Waals surface area contributed by atoms with Gasteiger partial charge in [0.2, 0.25) is 0 Å². The highest BCUT2D eigenvalue weighted by atomic mass is 15.1. The fourth-order valence-corrected chi connectivity index (χ4v) is 8.01. The predicted octanol–water partition coefficient (Wildman–Crippen LogP) is 13.9. The summed E-state index contributed by atoms with van der Waals surface area (Å²) in [5.74, 6) is 0. The summed E-state index contributed by atoms with van der Waals surface area (Å²) in [6, 6.07) is 74.7. The first-order valence-electron chi connectivity index (χ1n) is 17.9. The van der Waals surface area contributed by atoms with Crippen LogP contribution < -0.4 is 4.90 Å². The molecule has 244 valence electrons. The van der Waals surface area contributed by atoms with Crippen LogP contribution in [0.3, 0.4) is 0 Å². The molecule has 0 radical (unpaired) electrons. The first-order valence-corrected chi connectivity index (χ1v) is 17.9. The van der Waals surface area contributed by atoms with Crippen molar-refractivity contribution in [1.82, 2.24) is 4.57 Å². The average molecular weight is 663 g/mol. The zero-order valence-corrected chi connectivity index (χ0v) is 28.5. The van der Waals surface area contributed by atoms with Crippen LogP contribution in [0.5, 0.6) is 0 Å². The summed E-state index contributed by atoms with van der Waals surface area (Å²) >= 11 is 0.